The normalized spacial score (nSPS) is 17.4. The summed E-state index contributed by atoms with van der Waals surface area (Å²) in [5.41, 5.74) is 3.58. The van der Waals surface area contributed by atoms with Crippen molar-refractivity contribution in [1.82, 2.24) is 9.97 Å². The number of rotatable bonds is 4. The SMILES string of the molecule is CN(Cc1cscn1)c1nc2c(s1)CCC2C(=O)O. The Hall–Kier alpha value is -1.47. The first kappa shape index (κ1) is 12.6. The molecule has 0 spiro atoms. The van der Waals surface area contributed by atoms with E-state index in [0.717, 1.165) is 27.8 Å². The molecule has 0 bridgehead atoms. The van der Waals surface area contributed by atoms with Crippen LogP contribution < -0.4 is 4.90 Å². The first-order valence-electron chi connectivity index (χ1n) is 5.95. The van der Waals surface area contributed by atoms with Crippen molar-refractivity contribution in [3.8, 4) is 0 Å². The molecule has 1 N–H and O–H groups in total. The number of nitrogens with zero attached hydrogens (tertiary/aromatic N) is 3. The maximum absolute atomic E-state index is 11.1. The summed E-state index contributed by atoms with van der Waals surface area (Å²) >= 11 is 3.17. The van der Waals surface area contributed by atoms with Crippen LogP contribution in [0, 0.1) is 0 Å². The van der Waals surface area contributed by atoms with Gasteiger partial charge in [-0.25, -0.2) is 9.97 Å². The topological polar surface area (TPSA) is 66.3 Å². The fourth-order valence-electron chi connectivity index (χ4n) is 2.24. The third-order valence-corrected chi connectivity index (χ3v) is 5.09. The molecule has 1 aliphatic rings. The summed E-state index contributed by atoms with van der Waals surface area (Å²) in [7, 11) is 1.96. The van der Waals surface area contributed by atoms with Gasteiger partial charge >= 0.3 is 5.97 Å². The van der Waals surface area contributed by atoms with E-state index in [-0.39, 0.29) is 0 Å². The van der Waals surface area contributed by atoms with Gasteiger partial charge in [0.15, 0.2) is 5.13 Å². The lowest BCUT2D eigenvalue weighted by Gasteiger charge is -2.14. The third kappa shape index (κ3) is 2.35. The van der Waals surface area contributed by atoms with Crippen LogP contribution in [-0.2, 0) is 17.8 Å². The molecule has 1 unspecified atom stereocenters. The van der Waals surface area contributed by atoms with Gasteiger partial charge in [0.05, 0.1) is 23.4 Å². The zero-order valence-corrected chi connectivity index (χ0v) is 12.0. The number of anilines is 1. The zero-order valence-electron chi connectivity index (χ0n) is 10.4. The second kappa shape index (κ2) is 4.90. The van der Waals surface area contributed by atoms with Gasteiger partial charge in [-0.1, -0.05) is 0 Å². The predicted molar refractivity (Wildman–Crippen MR) is 75.0 cm³/mol. The van der Waals surface area contributed by atoms with Gasteiger partial charge in [-0.3, -0.25) is 4.79 Å². The van der Waals surface area contributed by atoms with Crippen LogP contribution in [0.3, 0.4) is 0 Å². The number of hydrogen-bond acceptors (Lipinski definition) is 6. The number of aliphatic carboxylic acids is 1. The van der Waals surface area contributed by atoms with Gasteiger partial charge in [-0.15, -0.1) is 22.7 Å². The number of fused-ring (bicyclic) bond motifs is 1. The van der Waals surface area contributed by atoms with E-state index in [9.17, 15) is 4.79 Å². The van der Waals surface area contributed by atoms with Crippen LogP contribution in [0.4, 0.5) is 5.13 Å². The maximum Gasteiger partial charge on any atom is 0.312 e. The fourth-order valence-corrected chi connectivity index (χ4v) is 3.89. The Morgan fingerprint density at radius 3 is 3.16 bits per heavy atom. The summed E-state index contributed by atoms with van der Waals surface area (Å²) in [6.07, 6.45) is 1.51. The standard InChI is InChI=1S/C12H13N3O2S2/c1-15(4-7-5-18-6-13-7)12-14-10-8(11(16)17)2-3-9(10)19-12/h5-6,8H,2-4H2,1H3,(H,16,17). The van der Waals surface area contributed by atoms with Crippen LogP contribution in [0.15, 0.2) is 10.9 Å². The van der Waals surface area contributed by atoms with Crippen LogP contribution >= 0.6 is 22.7 Å². The summed E-state index contributed by atoms with van der Waals surface area (Å²) in [5, 5.41) is 12.0. The highest BCUT2D eigenvalue weighted by molar-refractivity contribution is 7.15. The Bertz CT molecular complexity index is 594. The van der Waals surface area contributed by atoms with Crippen LogP contribution in [0.25, 0.3) is 0 Å². The molecule has 0 radical (unpaired) electrons. The van der Waals surface area contributed by atoms with Crippen molar-refractivity contribution in [2.45, 2.75) is 25.3 Å². The van der Waals surface area contributed by atoms with Crippen LogP contribution in [0.5, 0.6) is 0 Å². The third-order valence-electron chi connectivity index (χ3n) is 3.21. The highest BCUT2D eigenvalue weighted by Crippen LogP contribution is 2.39. The van der Waals surface area contributed by atoms with E-state index in [4.69, 9.17) is 5.11 Å². The van der Waals surface area contributed by atoms with Crippen LogP contribution in [0.2, 0.25) is 0 Å². The van der Waals surface area contributed by atoms with Gasteiger partial charge in [0.1, 0.15) is 5.92 Å². The Morgan fingerprint density at radius 1 is 1.63 bits per heavy atom. The molecule has 0 fully saturated rings. The number of carboxylic acids is 1. The van der Waals surface area contributed by atoms with Gasteiger partial charge in [0, 0.05) is 17.3 Å². The van der Waals surface area contributed by atoms with E-state index in [0.29, 0.717) is 13.0 Å². The minimum atomic E-state index is -0.766. The Kier molecular flexibility index (Phi) is 3.24. The Balaban J connectivity index is 1.80. The van der Waals surface area contributed by atoms with E-state index in [1.807, 2.05) is 22.8 Å². The van der Waals surface area contributed by atoms with Crippen molar-refractivity contribution in [2.75, 3.05) is 11.9 Å². The first-order valence-corrected chi connectivity index (χ1v) is 7.71. The first-order chi connectivity index (χ1) is 9.15. The lowest BCUT2D eigenvalue weighted by molar-refractivity contribution is -0.138. The van der Waals surface area contributed by atoms with E-state index in [2.05, 4.69) is 9.97 Å². The number of aryl methyl sites for hydroxylation is 1. The summed E-state index contributed by atoms with van der Waals surface area (Å²) < 4.78 is 0. The molecule has 0 aliphatic heterocycles. The van der Waals surface area contributed by atoms with Gasteiger partial charge in [-0.05, 0) is 12.8 Å². The van der Waals surface area contributed by atoms with Gasteiger partial charge in [0.25, 0.3) is 0 Å². The molecular weight excluding hydrogens is 282 g/mol. The number of carboxylic acid groups (broad SMARTS) is 1. The van der Waals surface area contributed by atoms with E-state index < -0.39 is 11.9 Å². The van der Waals surface area contributed by atoms with Crippen molar-refractivity contribution >= 4 is 33.8 Å². The summed E-state index contributed by atoms with van der Waals surface area (Å²) in [4.78, 5) is 23.0. The second-order valence-electron chi connectivity index (χ2n) is 4.57. The second-order valence-corrected chi connectivity index (χ2v) is 6.35. The summed E-state index contributed by atoms with van der Waals surface area (Å²) in [6.45, 7) is 0.702. The lowest BCUT2D eigenvalue weighted by atomic mass is 10.1. The molecule has 2 heterocycles. The van der Waals surface area contributed by atoms with Gasteiger partial charge in [-0.2, -0.15) is 0 Å². The van der Waals surface area contributed by atoms with E-state index in [1.165, 1.54) is 0 Å². The molecule has 7 heteroatoms. The predicted octanol–water partition coefficient (Wildman–Crippen LogP) is 2.35. The molecule has 0 aromatic carbocycles. The van der Waals surface area contributed by atoms with E-state index >= 15 is 0 Å². The molecule has 2 aromatic rings. The molecule has 0 amide bonds. The number of aromatic nitrogens is 2. The molecule has 0 saturated carbocycles. The van der Waals surface area contributed by atoms with Crippen LogP contribution in [0.1, 0.15) is 28.6 Å². The van der Waals surface area contributed by atoms with Crippen molar-refractivity contribution in [1.29, 1.82) is 0 Å². The minimum Gasteiger partial charge on any atom is -0.481 e. The molecule has 1 atom stereocenters. The largest absolute Gasteiger partial charge is 0.481 e. The smallest absolute Gasteiger partial charge is 0.312 e. The van der Waals surface area contributed by atoms with Gasteiger partial charge < -0.3 is 10.0 Å². The lowest BCUT2D eigenvalue weighted by Crippen LogP contribution is -2.17. The minimum absolute atomic E-state index is 0.423. The zero-order chi connectivity index (χ0) is 13.4. The van der Waals surface area contributed by atoms with Gasteiger partial charge in [0.2, 0.25) is 0 Å². The monoisotopic (exact) mass is 295 g/mol. The van der Waals surface area contributed by atoms with E-state index in [1.54, 1.807) is 22.7 Å². The van der Waals surface area contributed by atoms with Crippen molar-refractivity contribution in [3.05, 3.63) is 27.2 Å². The van der Waals surface area contributed by atoms with Crippen LogP contribution in [-0.4, -0.2) is 28.1 Å². The average molecular weight is 295 g/mol. The van der Waals surface area contributed by atoms with Crippen molar-refractivity contribution in [2.24, 2.45) is 0 Å². The maximum atomic E-state index is 11.1. The number of hydrogen-bond donors (Lipinski definition) is 1. The molecule has 19 heavy (non-hydrogen) atoms. The van der Waals surface area contributed by atoms with Crippen molar-refractivity contribution in [3.63, 3.8) is 0 Å². The molecule has 1 aliphatic carbocycles. The highest BCUT2D eigenvalue weighted by atomic mass is 32.1. The Morgan fingerprint density at radius 2 is 2.47 bits per heavy atom. The summed E-state index contributed by atoms with van der Waals surface area (Å²) in [6, 6.07) is 0. The number of carbonyl (C=O) groups is 1. The molecule has 2 aromatic heterocycles. The molecule has 100 valence electrons. The highest BCUT2D eigenvalue weighted by Gasteiger charge is 2.32. The molecule has 0 saturated heterocycles. The quantitative estimate of drug-likeness (QED) is 0.938. The average Bonchev–Trinajstić information content (AvgIpc) is 3.02. The van der Waals surface area contributed by atoms with Crippen molar-refractivity contribution < 1.29 is 9.90 Å². The fraction of sp³-hybridized carbons (Fsp3) is 0.417. The summed E-state index contributed by atoms with van der Waals surface area (Å²) in [5.74, 6) is -1.19. The Labute approximate surface area is 118 Å². The molecular formula is C12H13N3O2S2. The molecule has 3 rings (SSSR count). The number of thiazole rings is 2. The molecule has 5 nitrogen and oxygen atoms in total.